The van der Waals surface area contributed by atoms with Gasteiger partial charge in [-0.05, 0) is 35.4 Å². The number of fused-ring (bicyclic) bond motifs is 2. The highest BCUT2D eigenvalue weighted by atomic mass is 35.5. The molecule has 168 valence electrons. The highest BCUT2D eigenvalue weighted by Gasteiger charge is 2.23. The van der Waals surface area contributed by atoms with Crippen molar-refractivity contribution in [3.8, 4) is 17.0 Å². The molecule has 3 N–H and O–H groups in total. The lowest BCUT2D eigenvalue weighted by Gasteiger charge is -2.17. The number of H-pyrrole nitrogens is 1. The second-order valence-electron chi connectivity index (χ2n) is 8.06. The molecule has 0 unspecified atom stereocenters. The Morgan fingerprint density at radius 3 is 2.79 bits per heavy atom. The summed E-state index contributed by atoms with van der Waals surface area (Å²) in [4.78, 5) is 19.8. The number of nitrogens with zero attached hydrogens (tertiary/aromatic N) is 5. The van der Waals surface area contributed by atoms with Crippen LogP contribution >= 0.6 is 11.6 Å². The Morgan fingerprint density at radius 2 is 1.97 bits per heavy atom. The van der Waals surface area contributed by atoms with E-state index in [0.717, 1.165) is 17.1 Å². The number of phenolic OH excluding ortho intramolecular Hbond substituents is 1. The van der Waals surface area contributed by atoms with Crippen molar-refractivity contribution in [2.45, 2.75) is 13.1 Å². The third kappa shape index (κ3) is 3.61. The number of carbonyl (C=O) groups excluding carboxylic acids is 1. The molecule has 0 saturated carbocycles. The molecule has 1 aliphatic heterocycles. The molecule has 34 heavy (non-hydrogen) atoms. The van der Waals surface area contributed by atoms with E-state index in [0.29, 0.717) is 29.4 Å². The fraction of sp³-hybridized carbons (Fsp3) is 0.0833. The molecule has 4 heterocycles. The normalized spacial score (nSPS) is 12.8. The number of hydrogen-bond acceptors (Lipinski definition) is 6. The largest absolute Gasteiger partial charge is 0.508 e. The molecule has 0 aliphatic carbocycles. The third-order valence-electron chi connectivity index (χ3n) is 5.76. The smallest absolute Gasteiger partial charge is 0.276 e. The number of rotatable bonds is 4. The zero-order valence-corrected chi connectivity index (χ0v) is 18.5. The van der Waals surface area contributed by atoms with Gasteiger partial charge in [0.15, 0.2) is 11.3 Å². The summed E-state index contributed by atoms with van der Waals surface area (Å²) in [6.07, 6.45) is 3.47. The van der Waals surface area contributed by atoms with Crippen molar-refractivity contribution in [2.24, 2.45) is 0 Å². The van der Waals surface area contributed by atoms with Gasteiger partial charge in [0.05, 0.1) is 11.9 Å². The minimum atomic E-state index is -0.404. The van der Waals surface area contributed by atoms with E-state index >= 15 is 0 Å². The zero-order chi connectivity index (χ0) is 23.2. The summed E-state index contributed by atoms with van der Waals surface area (Å²) in [7, 11) is 0. The molecule has 1 amide bonds. The number of benzene rings is 2. The Bertz CT molecular complexity index is 1540. The molecular formula is C24H18ClN7O2. The lowest BCUT2D eigenvalue weighted by atomic mass is 10.1. The van der Waals surface area contributed by atoms with Gasteiger partial charge in [-0.3, -0.25) is 9.89 Å². The lowest BCUT2D eigenvalue weighted by molar-refractivity contribution is 0.102. The van der Waals surface area contributed by atoms with Crippen LogP contribution in [0.5, 0.6) is 5.75 Å². The minimum Gasteiger partial charge on any atom is -0.508 e. The summed E-state index contributed by atoms with van der Waals surface area (Å²) in [6.45, 7) is 1.39. The molecule has 0 spiro atoms. The third-order valence-corrected chi connectivity index (χ3v) is 5.99. The van der Waals surface area contributed by atoms with Gasteiger partial charge in [-0.2, -0.15) is 10.2 Å². The number of aromatic nitrogens is 5. The molecule has 3 aromatic heterocycles. The van der Waals surface area contributed by atoms with E-state index in [9.17, 15) is 9.90 Å². The predicted octanol–water partition coefficient (Wildman–Crippen LogP) is 4.25. The number of aromatic amines is 1. The van der Waals surface area contributed by atoms with Crippen molar-refractivity contribution >= 4 is 34.7 Å². The number of nitrogens with one attached hydrogen (secondary N) is 2. The van der Waals surface area contributed by atoms with Gasteiger partial charge in [0.2, 0.25) is 0 Å². The van der Waals surface area contributed by atoms with Gasteiger partial charge in [-0.25, -0.2) is 9.50 Å². The van der Waals surface area contributed by atoms with Crippen LogP contribution in [-0.2, 0) is 13.1 Å². The minimum absolute atomic E-state index is 0.0641. The Kier molecular flexibility index (Phi) is 4.70. The van der Waals surface area contributed by atoms with E-state index in [2.05, 4.69) is 25.5 Å². The summed E-state index contributed by atoms with van der Waals surface area (Å²) >= 11 is 6.18. The van der Waals surface area contributed by atoms with E-state index in [4.69, 9.17) is 16.6 Å². The molecule has 5 aromatic rings. The lowest BCUT2D eigenvalue weighted by Crippen LogP contribution is -2.17. The van der Waals surface area contributed by atoms with Crippen molar-refractivity contribution < 1.29 is 9.90 Å². The van der Waals surface area contributed by atoms with Crippen molar-refractivity contribution in [3.05, 3.63) is 88.8 Å². The van der Waals surface area contributed by atoms with Crippen molar-refractivity contribution in [2.75, 3.05) is 10.2 Å². The predicted molar refractivity (Wildman–Crippen MR) is 128 cm³/mol. The van der Waals surface area contributed by atoms with E-state index in [1.807, 2.05) is 24.3 Å². The van der Waals surface area contributed by atoms with Crippen LogP contribution in [0.15, 0.2) is 67.0 Å². The summed E-state index contributed by atoms with van der Waals surface area (Å²) in [5.41, 5.74) is 5.14. The maximum Gasteiger partial charge on any atom is 0.276 e. The van der Waals surface area contributed by atoms with Crippen LogP contribution in [0.2, 0.25) is 5.02 Å². The summed E-state index contributed by atoms with van der Waals surface area (Å²) < 4.78 is 1.63. The van der Waals surface area contributed by atoms with Gasteiger partial charge in [0.25, 0.3) is 5.91 Å². The molecule has 0 fully saturated rings. The van der Waals surface area contributed by atoms with Gasteiger partial charge in [-0.1, -0.05) is 23.7 Å². The monoisotopic (exact) mass is 471 g/mol. The fourth-order valence-electron chi connectivity index (χ4n) is 4.13. The molecule has 6 rings (SSSR count). The summed E-state index contributed by atoms with van der Waals surface area (Å²) in [5, 5.41) is 24.5. The first-order valence-electron chi connectivity index (χ1n) is 10.6. The Balaban J connectivity index is 1.39. The second kappa shape index (κ2) is 7.89. The average Bonchev–Trinajstić information content (AvgIpc) is 3.57. The first kappa shape index (κ1) is 20.3. The SMILES string of the molecule is O=C(Nc1cccc(O)c1)c1cc2nc(N3Cc4ccc(Cl)cc4C3)cc(-c3cn[nH]c3)n2n1. The molecular weight excluding hydrogens is 454 g/mol. The maximum atomic E-state index is 12.9. The van der Waals surface area contributed by atoms with E-state index in [1.54, 1.807) is 35.1 Å². The second-order valence-corrected chi connectivity index (χ2v) is 8.50. The summed E-state index contributed by atoms with van der Waals surface area (Å²) in [6, 6.07) is 15.8. The number of hydrogen-bond donors (Lipinski definition) is 3. The zero-order valence-electron chi connectivity index (χ0n) is 17.7. The standard InChI is InChI=1S/C24H18ClN7O2/c25-17-5-4-14-12-31(13-15(14)6-17)22-9-21(16-10-26-27-11-16)32-23(29-22)8-20(30-32)24(34)28-18-2-1-3-19(33)7-18/h1-11,33H,12-13H2,(H,26,27)(H,28,34). The van der Waals surface area contributed by atoms with Crippen LogP contribution in [0, 0.1) is 0 Å². The quantitative estimate of drug-likeness (QED) is 0.361. The average molecular weight is 472 g/mol. The topological polar surface area (TPSA) is 111 Å². The van der Waals surface area contributed by atoms with E-state index in [1.165, 1.54) is 23.3 Å². The summed E-state index contributed by atoms with van der Waals surface area (Å²) in [5.74, 6) is 0.420. The van der Waals surface area contributed by atoms with Gasteiger partial charge < -0.3 is 15.3 Å². The van der Waals surface area contributed by atoms with Crippen LogP contribution in [0.3, 0.4) is 0 Å². The van der Waals surface area contributed by atoms with Gasteiger partial charge in [0, 0.05) is 53.8 Å². The number of amides is 1. The number of aromatic hydroxyl groups is 1. The van der Waals surface area contributed by atoms with Crippen LogP contribution < -0.4 is 10.2 Å². The molecule has 0 atom stereocenters. The first-order chi connectivity index (χ1) is 16.5. The van der Waals surface area contributed by atoms with Crippen LogP contribution in [0.4, 0.5) is 11.5 Å². The highest BCUT2D eigenvalue weighted by Crippen LogP contribution is 2.32. The molecule has 2 aromatic carbocycles. The number of halogens is 1. The Hall–Kier alpha value is -4.37. The molecule has 1 aliphatic rings. The van der Waals surface area contributed by atoms with Crippen LogP contribution in [0.1, 0.15) is 21.6 Å². The van der Waals surface area contributed by atoms with E-state index < -0.39 is 5.91 Å². The first-order valence-corrected chi connectivity index (χ1v) is 10.9. The fourth-order valence-corrected chi connectivity index (χ4v) is 4.33. The van der Waals surface area contributed by atoms with E-state index in [-0.39, 0.29) is 11.4 Å². The molecule has 9 nitrogen and oxygen atoms in total. The number of anilines is 2. The van der Waals surface area contributed by atoms with Gasteiger partial charge >= 0.3 is 0 Å². The molecule has 0 saturated heterocycles. The van der Waals surface area contributed by atoms with Crippen molar-refractivity contribution in [1.29, 1.82) is 0 Å². The molecule has 10 heteroatoms. The van der Waals surface area contributed by atoms with Crippen LogP contribution in [-0.4, -0.2) is 35.8 Å². The Morgan fingerprint density at radius 1 is 1.09 bits per heavy atom. The molecule has 0 bridgehead atoms. The highest BCUT2D eigenvalue weighted by molar-refractivity contribution is 6.30. The van der Waals surface area contributed by atoms with Crippen molar-refractivity contribution in [3.63, 3.8) is 0 Å². The Labute approximate surface area is 198 Å². The maximum absolute atomic E-state index is 12.9. The number of phenols is 1. The number of carbonyl (C=O) groups is 1. The molecule has 0 radical (unpaired) electrons. The van der Waals surface area contributed by atoms with Gasteiger partial charge in [-0.15, -0.1) is 0 Å². The van der Waals surface area contributed by atoms with Crippen LogP contribution in [0.25, 0.3) is 16.9 Å². The van der Waals surface area contributed by atoms with Crippen molar-refractivity contribution in [1.82, 2.24) is 24.8 Å². The van der Waals surface area contributed by atoms with Gasteiger partial charge in [0.1, 0.15) is 11.6 Å².